The van der Waals surface area contributed by atoms with Gasteiger partial charge in [-0.25, -0.2) is 4.99 Å². The third-order valence-electron chi connectivity index (χ3n) is 3.83. The van der Waals surface area contributed by atoms with Crippen LogP contribution in [0.1, 0.15) is 12.5 Å². The lowest BCUT2D eigenvalue weighted by atomic mass is 10.2. The lowest BCUT2D eigenvalue weighted by Gasteiger charge is -2.25. The van der Waals surface area contributed by atoms with Gasteiger partial charge in [0.1, 0.15) is 6.61 Å². The van der Waals surface area contributed by atoms with Crippen molar-refractivity contribution < 1.29 is 9.47 Å². The number of aryl methyl sites for hydroxylation is 1. The van der Waals surface area contributed by atoms with Crippen molar-refractivity contribution in [3.63, 3.8) is 0 Å². The van der Waals surface area contributed by atoms with Crippen LogP contribution in [0.25, 0.3) is 0 Å². The zero-order chi connectivity index (χ0) is 17.5. The standard InChI is InChI=1S/C18H25N5O2.HI/c1-3-19-18(20-9-8-14-10-22-23(2)12-14)21-11-15-13-24-16-6-4-5-7-17(16)25-15;/h4-7,10,12,15H,3,8-9,11,13H2,1-2H3,(H2,19,20,21);1H. The monoisotopic (exact) mass is 471 g/mol. The molecule has 0 radical (unpaired) electrons. The number of aromatic nitrogens is 2. The molecule has 2 N–H and O–H groups in total. The molecule has 0 bridgehead atoms. The van der Waals surface area contributed by atoms with E-state index in [4.69, 9.17) is 9.47 Å². The second kappa shape index (κ2) is 10.2. The minimum absolute atomic E-state index is 0. The summed E-state index contributed by atoms with van der Waals surface area (Å²) in [4.78, 5) is 4.62. The van der Waals surface area contributed by atoms with E-state index in [1.807, 2.05) is 48.4 Å². The highest BCUT2D eigenvalue weighted by atomic mass is 127. The third kappa shape index (κ3) is 5.79. The van der Waals surface area contributed by atoms with Crippen molar-refractivity contribution in [2.75, 3.05) is 26.2 Å². The Labute approximate surface area is 171 Å². The van der Waals surface area contributed by atoms with Gasteiger partial charge < -0.3 is 20.1 Å². The quantitative estimate of drug-likeness (QED) is 0.383. The van der Waals surface area contributed by atoms with E-state index in [1.54, 1.807) is 0 Å². The Morgan fingerprint density at radius 2 is 2.12 bits per heavy atom. The maximum Gasteiger partial charge on any atom is 0.191 e. The van der Waals surface area contributed by atoms with Crippen molar-refractivity contribution in [1.29, 1.82) is 0 Å². The highest BCUT2D eigenvalue weighted by Gasteiger charge is 2.20. The van der Waals surface area contributed by atoms with Gasteiger partial charge in [-0.1, -0.05) is 12.1 Å². The van der Waals surface area contributed by atoms with Crippen LogP contribution in [0.3, 0.4) is 0 Å². The van der Waals surface area contributed by atoms with Gasteiger partial charge in [0.05, 0.1) is 12.7 Å². The lowest BCUT2D eigenvalue weighted by molar-refractivity contribution is 0.0971. The van der Waals surface area contributed by atoms with Gasteiger partial charge >= 0.3 is 0 Å². The number of benzene rings is 1. The fourth-order valence-corrected chi connectivity index (χ4v) is 2.61. The average molecular weight is 471 g/mol. The first-order valence-corrected chi connectivity index (χ1v) is 8.63. The van der Waals surface area contributed by atoms with Gasteiger partial charge in [-0.2, -0.15) is 5.10 Å². The normalized spacial score (nSPS) is 15.9. The molecule has 1 unspecified atom stereocenters. The number of fused-ring (bicyclic) bond motifs is 1. The molecule has 1 atom stereocenters. The SMILES string of the molecule is CCNC(=NCC1COc2ccccc2O1)NCCc1cnn(C)c1.I. The summed E-state index contributed by atoms with van der Waals surface area (Å²) in [5, 5.41) is 10.8. The predicted molar refractivity (Wildman–Crippen MR) is 113 cm³/mol. The molecule has 26 heavy (non-hydrogen) atoms. The second-order valence-corrected chi connectivity index (χ2v) is 5.92. The van der Waals surface area contributed by atoms with Gasteiger partial charge in [0.15, 0.2) is 23.6 Å². The maximum atomic E-state index is 5.94. The number of aliphatic imine (C=N–C) groups is 1. The number of nitrogens with one attached hydrogen (secondary N) is 2. The van der Waals surface area contributed by atoms with Crippen LogP contribution in [0.4, 0.5) is 0 Å². The Morgan fingerprint density at radius 1 is 1.31 bits per heavy atom. The van der Waals surface area contributed by atoms with Crippen LogP contribution in [-0.2, 0) is 13.5 Å². The van der Waals surface area contributed by atoms with Crippen LogP contribution in [0.2, 0.25) is 0 Å². The van der Waals surface area contributed by atoms with Crippen LogP contribution in [-0.4, -0.2) is 48.1 Å². The van der Waals surface area contributed by atoms with Crippen LogP contribution in [0.5, 0.6) is 11.5 Å². The molecule has 0 amide bonds. The zero-order valence-electron chi connectivity index (χ0n) is 15.1. The fourth-order valence-electron chi connectivity index (χ4n) is 2.61. The van der Waals surface area contributed by atoms with Gasteiger partial charge in [-0.15, -0.1) is 24.0 Å². The number of halogens is 1. The Balaban J connectivity index is 0.00000243. The first-order valence-electron chi connectivity index (χ1n) is 8.63. The number of rotatable bonds is 6. The second-order valence-electron chi connectivity index (χ2n) is 5.92. The average Bonchev–Trinajstić information content (AvgIpc) is 3.04. The van der Waals surface area contributed by atoms with Gasteiger partial charge in [-0.05, 0) is 31.0 Å². The lowest BCUT2D eigenvalue weighted by Crippen LogP contribution is -2.40. The van der Waals surface area contributed by atoms with Gasteiger partial charge in [0.25, 0.3) is 0 Å². The molecule has 1 aromatic carbocycles. The van der Waals surface area contributed by atoms with Crippen molar-refractivity contribution in [3.05, 3.63) is 42.2 Å². The van der Waals surface area contributed by atoms with Crippen molar-refractivity contribution in [2.45, 2.75) is 19.4 Å². The summed E-state index contributed by atoms with van der Waals surface area (Å²) in [5.74, 6) is 2.36. The summed E-state index contributed by atoms with van der Waals surface area (Å²) in [6.07, 6.45) is 4.73. The van der Waals surface area contributed by atoms with E-state index in [-0.39, 0.29) is 30.1 Å². The summed E-state index contributed by atoms with van der Waals surface area (Å²) in [6, 6.07) is 7.72. The molecular weight excluding hydrogens is 445 g/mol. The summed E-state index contributed by atoms with van der Waals surface area (Å²) in [7, 11) is 1.92. The van der Waals surface area contributed by atoms with Crippen molar-refractivity contribution >= 4 is 29.9 Å². The Hall–Kier alpha value is -1.97. The molecule has 0 fully saturated rings. The first-order chi connectivity index (χ1) is 12.2. The number of nitrogens with zero attached hydrogens (tertiary/aromatic N) is 3. The number of para-hydroxylation sites is 2. The Bertz CT molecular complexity index is 719. The van der Waals surface area contributed by atoms with Crippen LogP contribution in [0.15, 0.2) is 41.7 Å². The van der Waals surface area contributed by atoms with E-state index >= 15 is 0 Å². The topological polar surface area (TPSA) is 72.7 Å². The van der Waals surface area contributed by atoms with E-state index in [0.717, 1.165) is 37.0 Å². The van der Waals surface area contributed by atoms with Gasteiger partial charge in [-0.3, -0.25) is 4.68 Å². The molecule has 3 rings (SSSR count). The smallest absolute Gasteiger partial charge is 0.191 e. The number of guanidine groups is 1. The predicted octanol–water partition coefficient (Wildman–Crippen LogP) is 1.98. The van der Waals surface area contributed by atoms with Crippen molar-refractivity contribution in [1.82, 2.24) is 20.4 Å². The molecule has 0 aliphatic carbocycles. The van der Waals surface area contributed by atoms with Crippen LogP contribution < -0.4 is 20.1 Å². The molecule has 7 nitrogen and oxygen atoms in total. The van der Waals surface area contributed by atoms with E-state index in [1.165, 1.54) is 5.56 Å². The van der Waals surface area contributed by atoms with Crippen LogP contribution in [0, 0.1) is 0 Å². The molecule has 142 valence electrons. The van der Waals surface area contributed by atoms with Crippen molar-refractivity contribution in [3.8, 4) is 11.5 Å². The molecule has 8 heteroatoms. The summed E-state index contributed by atoms with van der Waals surface area (Å²) in [5.41, 5.74) is 1.20. The first kappa shape index (κ1) is 20.3. The molecule has 1 aliphatic rings. The van der Waals surface area contributed by atoms with Crippen molar-refractivity contribution in [2.24, 2.45) is 12.0 Å². The molecule has 2 aromatic rings. The highest BCUT2D eigenvalue weighted by Crippen LogP contribution is 2.30. The van der Waals surface area contributed by atoms with E-state index in [2.05, 4.69) is 27.6 Å². The van der Waals surface area contributed by atoms with E-state index in [9.17, 15) is 0 Å². The molecular formula is C18H26IN5O2. The number of hydrogen-bond acceptors (Lipinski definition) is 4. The van der Waals surface area contributed by atoms with Gasteiger partial charge in [0.2, 0.25) is 0 Å². The molecule has 0 spiro atoms. The summed E-state index contributed by atoms with van der Waals surface area (Å²) >= 11 is 0. The minimum Gasteiger partial charge on any atom is -0.486 e. The van der Waals surface area contributed by atoms with E-state index < -0.39 is 0 Å². The van der Waals surface area contributed by atoms with Gasteiger partial charge in [0, 0.05) is 26.3 Å². The molecule has 0 saturated carbocycles. The number of ether oxygens (including phenoxy) is 2. The largest absolute Gasteiger partial charge is 0.486 e. The molecule has 2 heterocycles. The zero-order valence-corrected chi connectivity index (χ0v) is 17.5. The molecule has 0 saturated heterocycles. The van der Waals surface area contributed by atoms with Crippen LogP contribution >= 0.6 is 24.0 Å². The fraction of sp³-hybridized carbons (Fsp3) is 0.444. The van der Waals surface area contributed by atoms with E-state index in [0.29, 0.717) is 13.2 Å². The summed E-state index contributed by atoms with van der Waals surface area (Å²) < 4.78 is 13.5. The highest BCUT2D eigenvalue weighted by molar-refractivity contribution is 14.0. The minimum atomic E-state index is -0.0799. The molecule has 1 aliphatic heterocycles. The number of hydrogen-bond donors (Lipinski definition) is 2. The molecule has 1 aromatic heterocycles. The Kier molecular flexibility index (Phi) is 8.02. The summed E-state index contributed by atoms with van der Waals surface area (Å²) in [6.45, 7) is 4.70. The third-order valence-corrected chi connectivity index (χ3v) is 3.83. The maximum absolute atomic E-state index is 5.94. The Morgan fingerprint density at radius 3 is 2.85 bits per heavy atom.